The van der Waals surface area contributed by atoms with E-state index in [1.165, 1.54) is 24.3 Å². The minimum absolute atomic E-state index is 0.0450. The second kappa shape index (κ2) is 7.93. The number of amides is 1. The molecule has 0 radical (unpaired) electrons. The Kier molecular flexibility index (Phi) is 5.93. The van der Waals surface area contributed by atoms with E-state index in [1.807, 2.05) is 6.07 Å². The molecule has 0 bridgehead atoms. The Morgan fingerprint density at radius 1 is 1.46 bits per heavy atom. The summed E-state index contributed by atoms with van der Waals surface area (Å²) in [5, 5.41) is 23.2. The minimum Gasteiger partial charge on any atom is -0.348 e. The highest BCUT2D eigenvalue weighted by atomic mass is 35.5. The standard InChI is InChI=1S/C17H18ClN3O3/c1-11-4-2-3-5-16(11)20-17(22)13(10-19)8-12-9-14(21(23)24)6-7-15(12)18/h6-9,11,16H,2-5H2,1H3,(H,20,22)/b13-8+. The lowest BCUT2D eigenvalue weighted by Crippen LogP contribution is -2.41. The quantitative estimate of drug-likeness (QED) is 0.387. The van der Waals surface area contributed by atoms with Crippen molar-refractivity contribution >= 4 is 29.3 Å². The van der Waals surface area contributed by atoms with E-state index in [2.05, 4.69) is 12.2 Å². The van der Waals surface area contributed by atoms with E-state index in [-0.39, 0.29) is 27.9 Å². The number of hydrogen-bond acceptors (Lipinski definition) is 4. The molecule has 24 heavy (non-hydrogen) atoms. The fraction of sp³-hybridized carbons (Fsp3) is 0.412. The van der Waals surface area contributed by atoms with Crippen LogP contribution in [0.2, 0.25) is 5.02 Å². The fourth-order valence-electron chi connectivity index (χ4n) is 2.84. The van der Waals surface area contributed by atoms with Gasteiger partial charge in [-0.3, -0.25) is 14.9 Å². The second-order valence-electron chi connectivity index (χ2n) is 5.97. The Labute approximate surface area is 145 Å². The number of nitro benzene ring substituents is 1. The van der Waals surface area contributed by atoms with Crippen molar-refractivity contribution in [2.45, 2.75) is 38.6 Å². The predicted octanol–water partition coefficient (Wildman–Crippen LogP) is 3.85. The number of nitrogens with zero attached hydrogens (tertiary/aromatic N) is 2. The van der Waals surface area contributed by atoms with Crippen LogP contribution in [0.25, 0.3) is 6.08 Å². The van der Waals surface area contributed by atoms with Crippen LogP contribution in [0.15, 0.2) is 23.8 Å². The van der Waals surface area contributed by atoms with E-state index in [9.17, 15) is 20.2 Å². The van der Waals surface area contributed by atoms with Crippen molar-refractivity contribution in [3.63, 3.8) is 0 Å². The van der Waals surface area contributed by atoms with Crippen LogP contribution in [0, 0.1) is 27.4 Å². The number of carbonyl (C=O) groups excluding carboxylic acids is 1. The summed E-state index contributed by atoms with van der Waals surface area (Å²) in [6, 6.07) is 5.79. The Bertz CT molecular complexity index is 724. The molecule has 2 unspecified atom stereocenters. The van der Waals surface area contributed by atoms with Crippen molar-refractivity contribution in [2.24, 2.45) is 5.92 Å². The smallest absolute Gasteiger partial charge is 0.270 e. The number of nitro groups is 1. The maximum absolute atomic E-state index is 12.3. The van der Waals surface area contributed by atoms with Crippen molar-refractivity contribution in [3.8, 4) is 6.07 Å². The first-order valence-electron chi connectivity index (χ1n) is 7.79. The Morgan fingerprint density at radius 3 is 2.79 bits per heavy atom. The number of rotatable bonds is 4. The van der Waals surface area contributed by atoms with Crippen LogP contribution >= 0.6 is 11.6 Å². The monoisotopic (exact) mass is 347 g/mol. The lowest BCUT2D eigenvalue weighted by molar-refractivity contribution is -0.384. The van der Waals surface area contributed by atoms with E-state index < -0.39 is 10.8 Å². The van der Waals surface area contributed by atoms with Crippen LogP contribution < -0.4 is 5.32 Å². The van der Waals surface area contributed by atoms with Crippen molar-refractivity contribution in [1.29, 1.82) is 5.26 Å². The van der Waals surface area contributed by atoms with Crippen LogP contribution in [-0.2, 0) is 4.79 Å². The van der Waals surface area contributed by atoms with E-state index in [4.69, 9.17) is 11.6 Å². The van der Waals surface area contributed by atoms with E-state index >= 15 is 0 Å². The van der Waals surface area contributed by atoms with Gasteiger partial charge in [0.1, 0.15) is 11.6 Å². The Morgan fingerprint density at radius 2 is 2.17 bits per heavy atom. The molecule has 2 atom stereocenters. The largest absolute Gasteiger partial charge is 0.348 e. The second-order valence-corrected chi connectivity index (χ2v) is 6.38. The number of nitrogens with one attached hydrogen (secondary N) is 1. The van der Waals surface area contributed by atoms with Gasteiger partial charge in [-0.25, -0.2) is 0 Å². The summed E-state index contributed by atoms with van der Waals surface area (Å²) in [4.78, 5) is 22.6. The van der Waals surface area contributed by atoms with Gasteiger partial charge in [0.15, 0.2) is 0 Å². The van der Waals surface area contributed by atoms with Crippen LogP contribution in [0.5, 0.6) is 0 Å². The number of nitriles is 1. The fourth-order valence-corrected chi connectivity index (χ4v) is 3.01. The van der Waals surface area contributed by atoms with E-state index in [1.54, 1.807) is 0 Å². The predicted molar refractivity (Wildman–Crippen MR) is 91.3 cm³/mol. The molecule has 0 aromatic heterocycles. The lowest BCUT2D eigenvalue weighted by Gasteiger charge is -2.29. The number of non-ortho nitro benzene ring substituents is 1. The third kappa shape index (κ3) is 4.33. The zero-order valence-corrected chi connectivity index (χ0v) is 14.0. The van der Waals surface area contributed by atoms with Crippen molar-refractivity contribution < 1.29 is 9.72 Å². The number of carbonyl (C=O) groups is 1. The lowest BCUT2D eigenvalue weighted by atomic mass is 9.86. The first-order valence-corrected chi connectivity index (χ1v) is 8.16. The van der Waals surface area contributed by atoms with Crippen LogP contribution in [0.4, 0.5) is 5.69 Å². The van der Waals surface area contributed by atoms with Crippen molar-refractivity contribution in [1.82, 2.24) is 5.32 Å². The molecule has 1 aromatic carbocycles. The molecule has 2 rings (SSSR count). The Balaban J connectivity index is 2.22. The molecule has 1 aromatic rings. The molecule has 126 valence electrons. The number of halogens is 1. The van der Waals surface area contributed by atoms with Crippen LogP contribution in [0.3, 0.4) is 0 Å². The van der Waals surface area contributed by atoms with Gasteiger partial charge in [0.05, 0.1) is 4.92 Å². The summed E-state index contributed by atoms with van der Waals surface area (Å²) >= 11 is 6.01. The highest BCUT2D eigenvalue weighted by Gasteiger charge is 2.24. The van der Waals surface area contributed by atoms with E-state index in [0.29, 0.717) is 5.92 Å². The maximum Gasteiger partial charge on any atom is 0.270 e. The van der Waals surface area contributed by atoms with Crippen LogP contribution in [0.1, 0.15) is 38.2 Å². The number of benzene rings is 1. The molecule has 7 heteroatoms. The number of hydrogen-bond donors (Lipinski definition) is 1. The van der Waals surface area contributed by atoms with Gasteiger partial charge in [-0.15, -0.1) is 0 Å². The Hall–Kier alpha value is -2.39. The third-order valence-corrected chi connectivity index (χ3v) is 4.63. The van der Waals surface area contributed by atoms with Gasteiger partial charge in [-0.05, 0) is 30.9 Å². The summed E-state index contributed by atoms with van der Waals surface area (Å²) in [6.45, 7) is 2.08. The molecule has 0 aliphatic heterocycles. The molecule has 1 amide bonds. The normalized spacial score (nSPS) is 21.0. The van der Waals surface area contributed by atoms with Gasteiger partial charge >= 0.3 is 0 Å². The summed E-state index contributed by atoms with van der Waals surface area (Å²) < 4.78 is 0. The molecule has 1 saturated carbocycles. The highest BCUT2D eigenvalue weighted by molar-refractivity contribution is 6.32. The molecule has 0 saturated heterocycles. The molecule has 1 aliphatic carbocycles. The van der Waals surface area contributed by atoms with Gasteiger partial charge in [-0.2, -0.15) is 5.26 Å². The van der Waals surface area contributed by atoms with Gasteiger partial charge in [-0.1, -0.05) is 31.4 Å². The van der Waals surface area contributed by atoms with Gasteiger partial charge < -0.3 is 5.32 Å². The van der Waals surface area contributed by atoms with Crippen LogP contribution in [-0.4, -0.2) is 16.9 Å². The topological polar surface area (TPSA) is 96.0 Å². The summed E-state index contributed by atoms with van der Waals surface area (Å²) in [5.41, 5.74) is 0.00804. The summed E-state index contributed by atoms with van der Waals surface area (Å²) in [5.74, 6) is -0.108. The van der Waals surface area contributed by atoms with Gasteiger partial charge in [0.2, 0.25) is 0 Å². The molecule has 1 N–H and O–H groups in total. The van der Waals surface area contributed by atoms with Gasteiger partial charge in [0.25, 0.3) is 11.6 Å². The summed E-state index contributed by atoms with van der Waals surface area (Å²) in [6.07, 6.45) is 5.43. The first-order chi connectivity index (χ1) is 11.4. The highest BCUT2D eigenvalue weighted by Crippen LogP contribution is 2.26. The van der Waals surface area contributed by atoms with Gasteiger partial charge in [0, 0.05) is 28.8 Å². The van der Waals surface area contributed by atoms with Crippen molar-refractivity contribution in [3.05, 3.63) is 44.5 Å². The molecule has 0 spiro atoms. The molecular formula is C17H18ClN3O3. The first kappa shape index (κ1) is 18.0. The summed E-state index contributed by atoms with van der Waals surface area (Å²) in [7, 11) is 0. The molecule has 0 heterocycles. The van der Waals surface area contributed by atoms with E-state index in [0.717, 1.165) is 25.7 Å². The minimum atomic E-state index is -0.552. The average Bonchev–Trinajstić information content (AvgIpc) is 2.55. The molecular weight excluding hydrogens is 330 g/mol. The zero-order valence-electron chi connectivity index (χ0n) is 13.3. The SMILES string of the molecule is CC1CCCCC1NC(=O)/C(C#N)=C/c1cc([N+](=O)[O-])ccc1Cl. The van der Waals surface area contributed by atoms with Crippen molar-refractivity contribution in [2.75, 3.05) is 0 Å². The average molecular weight is 348 g/mol. The third-order valence-electron chi connectivity index (χ3n) is 4.28. The zero-order chi connectivity index (χ0) is 17.7. The molecule has 6 nitrogen and oxygen atoms in total. The molecule has 1 aliphatic rings. The maximum atomic E-state index is 12.3. The molecule has 1 fully saturated rings.